The molecule has 1 fully saturated rings. The summed E-state index contributed by atoms with van der Waals surface area (Å²) in [6, 6.07) is 9.13. The summed E-state index contributed by atoms with van der Waals surface area (Å²) < 4.78 is 5.49. The molecular formula is C12H14O3. The van der Waals surface area contributed by atoms with Gasteiger partial charge in [-0.1, -0.05) is 37.3 Å². The number of rotatable bonds is 3. The predicted molar refractivity (Wildman–Crippen MR) is 55.5 cm³/mol. The number of aliphatic carboxylic acids is 1. The van der Waals surface area contributed by atoms with Gasteiger partial charge in [-0.25, -0.2) is 4.79 Å². The van der Waals surface area contributed by atoms with Crippen LogP contribution in [0.4, 0.5) is 0 Å². The number of ether oxygens (including phenoxy) is 1. The van der Waals surface area contributed by atoms with Crippen LogP contribution in [0.3, 0.4) is 0 Å². The van der Waals surface area contributed by atoms with Crippen molar-refractivity contribution in [3.05, 3.63) is 35.9 Å². The molecule has 1 aliphatic rings. The number of hydrogen-bond donors (Lipinski definition) is 1. The Hall–Kier alpha value is -1.35. The van der Waals surface area contributed by atoms with Gasteiger partial charge in [0.15, 0.2) is 0 Å². The van der Waals surface area contributed by atoms with Crippen molar-refractivity contribution in [2.45, 2.75) is 31.5 Å². The lowest BCUT2D eigenvalue weighted by atomic mass is 9.86. The Morgan fingerprint density at radius 3 is 2.40 bits per heavy atom. The zero-order chi connectivity index (χ0) is 11.1. The molecule has 15 heavy (non-hydrogen) atoms. The summed E-state index contributed by atoms with van der Waals surface area (Å²) in [5, 5.41) is 9.30. The van der Waals surface area contributed by atoms with E-state index in [1.165, 1.54) is 0 Å². The van der Waals surface area contributed by atoms with Gasteiger partial charge in [0.05, 0.1) is 0 Å². The summed E-state index contributed by atoms with van der Waals surface area (Å²) in [6.07, 6.45) is 0.689. The highest BCUT2D eigenvalue weighted by Crippen LogP contribution is 2.57. The third-order valence-electron chi connectivity index (χ3n) is 3.24. The lowest BCUT2D eigenvalue weighted by Gasteiger charge is -2.11. The van der Waals surface area contributed by atoms with Crippen LogP contribution < -0.4 is 0 Å². The number of epoxide rings is 1. The minimum absolute atomic E-state index is 0.569. The van der Waals surface area contributed by atoms with Crippen LogP contribution in [-0.2, 0) is 15.1 Å². The van der Waals surface area contributed by atoms with Crippen molar-refractivity contribution in [2.24, 2.45) is 0 Å². The normalized spacial score (nSPS) is 33.7. The van der Waals surface area contributed by atoms with E-state index in [4.69, 9.17) is 4.74 Å². The van der Waals surface area contributed by atoms with Gasteiger partial charge in [-0.2, -0.15) is 0 Å². The van der Waals surface area contributed by atoms with E-state index in [1.807, 2.05) is 32.0 Å². The van der Waals surface area contributed by atoms with Crippen LogP contribution in [0.2, 0.25) is 0 Å². The van der Waals surface area contributed by atoms with E-state index in [2.05, 4.69) is 0 Å². The van der Waals surface area contributed by atoms with Crippen LogP contribution in [-0.4, -0.2) is 16.7 Å². The van der Waals surface area contributed by atoms with Crippen LogP contribution >= 0.6 is 0 Å². The second kappa shape index (κ2) is 3.07. The Morgan fingerprint density at radius 1 is 1.40 bits per heavy atom. The van der Waals surface area contributed by atoms with Crippen LogP contribution in [0.25, 0.3) is 0 Å². The highest BCUT2D eigenvalue weighted by molar-refractivity contribution is 5.84. The molecule has 0 unspecified atom stereocenters. The number of benzene rings is 1. The van der Waals surface area contributed by atoms with E-state index in [0.717, 1.165) is 5.56 Å². The van der Waals surface area contributed by atoms with E-state index in [9.17, 15) is 9.90 Å². The van der Waals surface area contributed by atoms with Gasteiger partial charge in [-0.15, -0.1) is 0 Å². The van der Waals surface area contributed by atoms with Crippen molar-refractivity contribution in [3.63, 3.8) is 0 Å². The molecule has 2 rings (SSSR count). The maximum Gasteiger partial charge on any atom is 0.343 e. The summed E-state index contributed by atoms with van der Waals surface area (Å²) in [5.41, 5.74) is -0.981. The SMILES string of the molecule is CC[C@]1(C)O[C@@]1(C(=O)O)c1ccccc1. The lowest BCUT2D eigenvalue weighted by Crippen LogP contribution is -2.29. The third-order valence-corrected chi connectivity index (χ3v) is 3.24. The van der Waals surface area contributed by atoms with Crippen LogP contribution in [0.5, 0.6) is 0 Å². The molecular weight excluding hydrogens is 192 g/mol. The lowest BCUT2D eigenvalue weighted by molar-refractivity contribution is -0.143. The maximum absolute atomic E-state index is 11.3. The fraction of sp³-hybridized carbons (Fsp3) is 0.417. The van der Waals surface area contributed by atoms with Crippen LogP contribution in [0.1, 0.15) is 25.8 Å². The summed E-state index contributed by atoms with van der Waals surface area (Å²) in [6.45, 7) is 3.78. The molecule has 3 heteroatoms. The highest BCUT2D eigenvalue weighted by atomic mass is 16.6. The monoisotopic (exact) mass is 206 g/mol. The fourth-order valence-corrected chi connectivity index (χ4v) is 2.06. The Balaban J connectivity index is 2.45. The molecule has 0 radical (unpaired) electrons. The minimum Gasteiger partial charge on any atom is -0.479 e. The zero-order valence-corrected chi connectivity index (χ0v) is 8.86. The van der Waals surface area contributed by atoms with Gasteiger partial charge in [-0.05, 0) is 18.9 Å². The molecule has 0 amide bonds. The number of hydrogen-bond acceptors (Lipinski definition) is 2. The molecule has 3 nitrogen and oxygen atoms in total. The molecule has 2 atom stereocenters. The number of carboxylic acid groups (broad SMARTS) is 1. The Bertz CT molecular complexity index is 387. The molecule has 1 aromatic carbocycles. The quantitative estimate of drug-likeness (QED) is 0.771. The van der Waals surface area contributed by atoms with Crippen molar-refractivity contribution >= 4 is 5.97 Å². The van der Waals surface area contributed by atoms with Crippen molar-refractivity contribution < 1.29 is 14.6 Å². The Morgan fingerprint density at radius 2 is 2.00 bits per heavy atom. The summed E-state index contributed by atoms with van der Waals surface area (Å²) in [4.78, 5) is 11.3. The average Bonchev–Trinajstić information content (AvgIpc) is 2.89. The molecule has 0 bridgehead atoms. The predicted octanol–water partition coefficient (Wildman–Crippen LogP) is 2.17. The molecule has 0 aliphatic carbocycles. The number of carboxylic acids is 1. The van der Waals surface area contributed by atoms with Crippen molar-refractivity contribution in [1.82, 2.24) is 0 Å². The van der Waals surface area contributed by atoms with Crippen LogP contribution in [0, 0.1) is 0 Å². The molecule has 1 heterocycles. The van der Waals surface area contributed by atoms with Crippen molar-refractivity contribution in [2.75, 3.05) is 0 Å². The van der Waals surface area contributed by atoms with Gasteiger partial charge >= 0.3 is 5.97 Å². The molecule has 0 aromatic heterocycles. The molecule has 80 valence electrons. The summed E-state index contributed by atoms with van der Waals surface area (Å²) in [7, 11) is 0. The number of carbonyl (C=O) groups is 1. The molecule has 1 saturated heterocycles. The third kappa shape index (κ3) is 1.20. The van der Waals surface area contributed by atoms with E-state index in [0.29, 0.717) is 6.42 Å². The Labute approximate surface area is 88.7 Å². The second-order valence-electron chi connectivity index (χ2n) is 4.04. The standard InChI is InChI=1S/C12H14O3/c1-3-11(2)12(15-11,10(13)14)9-7-5-4-6-8-9/h4-8H,3H2,1-2H3,(H,13,14)/t11-,12+/m0/s1. The van der Waals surface area contributed by atoms with Gasteiger partial charge in [0.1, 0.15) is 5.60 Å². The first-order valence-corrected chi connectivity index (χ1v) is 5.06. The zero-order valence-electron chi connectivity index (χ0n) is 8.86. The van der Waals surface area contributed by atoms with E-state index in [-0.39, 0.29) is 0 Å². The second-order valence-corrected chi connectivity index (χ2v) is 4.04. The van der Waals surface area contributed by atoms with Gasteiger partial charge in [0.2, 0.25) is 5.60 Å². The molecule has 0 saturated carbocycles. The van der Waals surface area contributed by atoms with Gasteiger partial charge < -0.3 is 9.84 Å². The van der Waals surface area contributed by atoms with Gasteiger partial charge in [-0.3, -0.25) is 0 Å². The largest absolute Gasteiger partial charge is 0.479 e. The Kier molecular flexibility index (Phi) is 2.08. The van der Waals surface area contributed by atoms with Gasteiger partial charge in [0, 0.05) is 0 Å². The van der Waals surface area contributed by atoms with Crippen molar-refractivity contribution in [1.29, 1.82) is 0 Å². The first-order valence-electron chi connectivity index (χ1n) is 5.06. The average molecular weight is 206 g/mol. The maximum atomic E-state index is 11.3. The highest BCUT2D eigenvalue weighted by Gasteiger charge is 2.72. The topological polar surface area (TPSA) is 49.8 Å². The van der Waals surface area contributed by atoms with Crippen molar-refractivity contribution in [3.8, 4) is 0 Å². The van der Waals surface area contributed by atoms with Gasteiger partial charge in [0.25, 0.3) is 0 Å². The van der Waals surface area contributed by atoms with E-state index in [1.54, 1.807) is 12.1 Å². The van der Waals surface area contributed by atoms with E-state index < -0.39 is 17.2 Å². The minimum atomic E-state index is -1.14. The van der Waals surface area contributed by atoms with E-state index >= 15 is 0 Å². The first-order chi connectivity index (χ1) is 7.07. The summed E-state index contributed by atoms with van der Waals surface area (Å²) >= 11 is 0. The van der Waals surface area contributed by atoms with Crippen LogP contribution in [0.15, 0.2) is 30.3 Å². The summed E-state index contributed by atoms with van der Waals surface area (Å²) in [5.74, 6) is -0.905. The molecule has 0 spiro atoms. The molecule has 1 aromatic rings. The fourth-order valence-electron chi connectivity index (χ4n) is 2.06. The smallest absolute Gasteiger partial charge is 0.343 e. The first kappa shape index (κ1) is 10.2. The molecule has 1 aliphatic heterocycles. The molecule has 1 N–H and O–H groups in total.